The molecular formula is C17H32N4. The number of hydrogen-bond acceptors (Lipinski definition) is 4. The molecule has 0 aromatic carbocycles. The Morgan fingerprint density at radius 2 is 1.81 bits per heavy atom. The van der Waals surface area contributed by atoms with Crippen molar-refractivity contribution in [2.75, 3.05) is 13.1 Å². The molecule has 4 heteroatoms. The highest BCUT2D eigenvalue weighted by atomic mass is 15.1. The van der Waals surface area contributed by atoms with Crippen LogP contribution >= 0.6 is 0 Å². The third-order valence-corrected chi connectivity index (χ3v) is 4.43. The zero-order valence-corrected chi connectivity index (χ0v) is 14.0. The van der Waals surface area contributed by atoms with Gasteiger partial charge in [0.25, 0.3) is 0 Å². The first-order chi connectivity index (χ1) is 9.99. The maximum absolute atomic E-state index is 3.66. The fourth-order valence-electron chi connectivity index (χ4n) is 3.04. The fourth-order valence-corrected chi connectivity index (χ4v) is 3.04. The summed E-state index contributed by atoms with van der Waals surface area (Å²) in [5, 5.41) is 14.2. The van der Waals surface area contributed by atoms with Gasteiger partial charge in [-0.1, -0.05) is 27.7 Å². The van der Waals surface area contributed by atoms with Crippen LogP contribution in [0.2, 0.25) is 0 Å². The van der Waals surface area contributed by atoms with Crippen LogP contribution < -0.4 is 21.3 Å². The minimum absolute atomic E-state index is 0.180. The van der Waals surface area contributed by atoms with Gasteiger partial charge in [-0.2, -0.15) is 0 Å². The van der Waals surface area contributed by atoms with Crippen molar-refractivity contribution in [3.05, 3.63) is 24.0 Å². The van der Waals surface area contributed by atoms with Crippen LogP contribution in [0.25, 0.3) is 0 Å². The van der Waals surface area contributed by atoms with Gasteiger partial charge in [0.2, 0.25) is 0 Å². The summed E-state index contributed by atoms with van der Waals surface area (Å²) in [6.45, 7) is 11.4. The van der Waals surface area contributed by atoms with Crippen molar-refractivity contribution < 1.29 is 0 Å². The average molecular weight is 292 g/mol. The Kier molecular flexibility index (Phi) is 5.71. The second-order valence-corrected chi connectivity index (χ2v) is 7.32. The lowest BCUT2D eigenvalue weighted by atomic mass is 9.82. The maximum Gasteiger partial charge on any atom is 0.0978 e. The molecule has 0 radical (unpaired) electrons. The molecule has 0 saturated carbocycles. The molecule has 0 aromatic rings. The Morgan fingerprint density at radius 1 is 1.14 bits per heavy atom. The van der Waals surface area contributed by atoms with Crippen LogP contribution in [0.4, 0.5) is 0 Å². The lowest BCUT2D eigenvalue weighted by Gasteiger charge is -2.35. The molecule has 2 aliphatic heterocycles. The van der Waals surface area contributed by atoms with E-state index in [2.05, 4.69) is 67.4 Å². The largest absolute Gasteiger partial charge is 0.371 e. The van der Waals surface area contributed by atoms with Crippen LogP contribution in [0.3, 0.4) is 0 Å². The van der Waals surface area contributed by atoms with E-state index in [1.165, 1.54) is 18.4 Å². The van der Waals surface area contributed by atoms with Crippen molar-refractivity contribution in [2.24, 2.45) is 11.3 Å². The van der Waals surface area contributed by atoms with Crippen LogP contribution in [0, 0.1) is 11.3 Å². The van der Waals surface area contributed by atoms with Crippen molar-refractivity contribution in [1.29, 1.82) is 0 Å². The second kappa shape index (κ2) is 7.32. The third kappa shape index (κ3) is 4.75. The van der Waals surface area contributed by atoms with Crippen LogP contribution in [0.5, 0.6) is 0 Å². The second-order valence-electron chi connectivity index (χ2n) is 7.32. The standard InChI is InChI=1S/C17H32N4/c1-13(2)15-18-10-7-14(12-21-15)11-17(3,4)16-19-8-5-6-9-20-16/h7,10,12-13,15-16,18-21H,5-6,8-9,11H2,1-4H3. The predicted octanol–water partition coefficient (Wildman–Crippen LogP) is 2.27. The van der Waals surface area contributed by atoms with Gasteiger partial charge in [0.05, 0.1) is 12.3 Å². The maximum atomic E-state index is 3.66. The normalized spacial score (nSPS) is 24.8. The molecule has 4 nitrogen and oxygen atoms in total. The first-order valence-electron chi connectivity index (χ1n) is 8.33. The molecule has 0 aromatic heterocycles. The third-order valence-electron chi connectivity index (χ3n) is 4.43. The number of hydrogen-bond donors (Lipinski definition) is 4. The van der Waals surface area contributed by atoms with Crippen molar-refractivity contribution >= 4 is 0 Å². The van der Waals surface area contributed by atoms with Gasteiger partial charge >= 0.3 is 0 Å². The first kappa shape index (κ1) is 16.4. The molecule has 21 heavy (non-hydrogen) atoms. The Morgan fingerprint density at radius 3 is 2.43 bits per heavy atom. The topological polar surface area (TPSA) is 48.1 Å². The lowest BCUT2D eigenvalue weighted by Crippen LogP contribution is -2.51. The summed E-state index contributed by atoms with van der Waals surface area (Å²) < 4.78 is 0. The summed E-state index contributed by atoms with van der Waals surface area (Å²) >= 11 is 0. The van der Waals surface area contributed by atoms with Crippen LogP contribution in [-0.2, 0) is 0 Å². The van der Waals surface area contributed by atoms with Crippen molar-refractivity contribution in [3.63, 3.8) is 0 Å². The molecule has 120 valence electrons. The van der Waals surface area contributed by atoms with E-state index in [1.54, 1.807) is 0 Å². The summed E-state index contributed by atoms with van der Waals surface area (Å²) in [5.74, 6) is 0.559. The Labute approximate surface area is 129 Å². The molecule has 0 amide bonds. The zero-order chi connectivity index (χ0) is 15.3. The number of allylic oxidation sites excluding steroid dienone is 2. The van der Waals surface area contributed by atoms with E-state index >= 15 is 0 Å². The Hall–Kier alpha value is -1.00. The monoisotopic (exact) mass is 292 g/mol. The van der Waals surface area contributed by atoms with Gasteiger partial charge in [-0.3, -0.25) is 0 Å². The lowest BCUT2D eigenvalue weighted by molar-refractivity contribution is 0.212. The molecule has 2 aliphatic rings. The van der Waals surface area contributed by atoms with Gasteiger partial charge in [0.1, 0.15) is 0 Å². The van der Waals surface area contributed by atoms with E-state index < -0.39 is 0 Å². The van der Waals surface area contributed by atoms with E-state index in [1.807, 2.05) is 0 Å². The quantitative estimate of drug-likeness (QED) is 0.642. The molecule has 2 heterocycles. The van der Waals surface area contributed by atoms with E-state index in [4.69, 9.17) is 0 Å². The SMILES string of the molecule is CC(C)C1NC=CC(CC(C)(C)C2NCCCCN2)=CN1. The minimum atomic E-state index is 0.180. The van der Waals surface area contributed by atoms with E-state index in [-0.39, 0.29) is 5.41 Å². The van der Waals surface area contributed by atoms with E-state index in [9.17, 15) is 0 Å². The highest BCUT2D eigenvalue weighted by molar-refractivity contribution is 5.22. The number of rotatable bonds is 4. The van der Waals surface area contributed by atoms with Crippen molar-refractivity contribution in [3.8, 4) is 0 Å². The molecule has 1 saturated heterocycles. The van der Waals surface area contributed by atoms with E-state index in [0.29, 0.717) is 18.2 Å². The smallest absolute Gasteiger partial charge is 0.0978 e. The van der Waals surface area contributed by atoms with Gasteiger partial charge < -0.3 is 21.3 Å². The summed E-state index contributed by atoms with van der Waals surface area (Å²) in [6.07, 6.45) is 10.7. The average Bonchev–Trinajstić information content (AvgIpc) is 2.80. The van der Waals surface area contributed by atoms with Crippen molar-refractivity contribution in [1.82, 2.24) is 21.3 Å². The fraction of sp³-hybridized carbons (Fsp3) is 0.765. The molecule has 2 rings (SSSR count). The molecule has 0 aliphatic carbocycles. The first-order valence-corrected chi connectivity index (χ1v) is 8.33. The summed E-state index contributed by atoms with van der Waals surface area (Å²) in [6, 6.07) is 0. The summed E-state index contributed by atoms with van der Waals surface area (Å²) in [7, 11) is 0. The van der Waals surface area contributed by atoms with Gasteiger partial charge in [0, 0.05) is 6.20 Å². The van der Waals surface area contributed by atoms with E-state index in [0.717, 1.165) is 19.5 Å². The van der Waals surface area contributed by atoms with Crippen LogP contribution in [0.15, 0.2) is 24.0 Å². The molecule has 1 atom stereocenters. The van der Waals surface area contributed by atoms with Gasteiger partial charge in [-0.05, 0) is 61.5 Å². The van der Waals surface area contributed by atoms with Gasteiger partial charge in [0.15, 0.2) is 0 Å². The molecule has 1 unspecified atom stereocenters. The predicted molar refractivity (Wildman–Crippen MR) is 89.5 cm³/mol. The zero-order valence-electron chi connectivity index (χ0n) is 14.0. The van der Waals surface area contributed by atoms with Gasteiger partial charge in [-0.15, -0.1) is 0 Å². The van der Waals surface area contributed by atoms with Crippen molar-refractivity contribution in [2.45, 2.75) is 59.3 Å². The van der Waals surface area contributed by atoms with Crippen LogP contribution in [0.1, 0.15) is 47.0 Å². The summed E-state index contributed by atoms with van der Waals surface area (Å²) in [5.41, 5.74) is 1.53. The molecule has 4 N–H and O–H groups in total. The minimum Gasteiger partial charge on any atom is -0.371 e. The highest BCUT2D eigenvalue weighted by Crippen LogP contribution is 2.29. The molecular weight excluding hydrogens is 260 g/mol. The highest BCUT2D eigenvalue weighted by Gasteiger charge is 2.30. The Bertz CT molecular complexity index is 376. The molecule has 1 fully saturated rings. The van der Waals surface area contributed by atoms with Crippen LogP contribution in [-0.4, -0.2) is 25.4 Å². The Balaban J connectivity index is 1.98. The van der Waals surface area contributed by atoms with Gasteiger partial charge in [-0.25, -0.2) is 0 Å². The number of nitrogens with one attached hydrogen (secondary N) is 4. The molecule has 0 spiro atoms. The molecule has 0 bridgehead atoms. The summed E-state index contributed by atoms with van der Waals surface area (Å²) in [4.78, 5) is 0.